The van der Waals surface area contributed by atoms with Crippen molar-refractivity contribution >= 4 is 40.2 Å². The molecule has 7 heteroatoms. The molecule has 0 saturated heterocycles. The van der Waals surface area contributed by atoms with E-state index in [-0.39, 0.29) is 23.8 Å². The fraction of sp³-hybridized carbons (Fsp3) is 0.158. The highest BCUT2D eigenvalue weighted by Gasteiger charge is 2.10. The van der Waals surface area contributed by atoms with E-state index in [9.17, 15) is 9.18 Å². The number of rotatable bonds is 4. The van der Waals surface area contributed by atoms with E-state index < -0.39 is 0 Å². The van der Waals surface area contributed by atoms with Gasteiger partial charge in [-0.3, -0.25) is 4.79 Å². The molecule has 4 nitrogen and oxygen atoms in total. The lowest BCUT2D eigenvalue weighted by Crippen LogP contribution is -2.19. The Morgan fingerprint density at radius 2 is 2.08 bits per heavy atom. The number of amides is 1. The Balaban J connectivity index is 1.77. The van der Waals surface area contributed by atoms with Crippen molar-refractivity contribution in [2.75, 3.05) is 5.32 Å². The highest BCUT2D eigenvalue weighted by Crippen LogP contribution is 2.20. The van der Waals surface area contributed by atoms with E-state index in [1.807, 2.05) is 31.5 Å². The molecule has 0 spiro atoms. The second-order valence-corrected chi connectivity index (χ2v) is 7.06. The van der Waals surface area contributed by atoms with Crippen LogP contribution in [0.15, 0.2) is 52.8 Å². The topological polar surface area (TPSA) is 46.4 Å². The number of para-hydroxylation sites is 1. The largest absolute Gasteiger partial charge is 0.326 e. The fourth-order valence-corrected chi connectivity index (χ4v) is 3.44. The maximum absolute atomic E-state index is 13.8. The van der Waals surface area contributed by atoms with Crippen molar-refractivity contribution in [3.8, 4) is 0 Å². The maximum atomic E-state index is 13.8. The van der Waals surface area contributed by atoms with Crippen LogP contribution in [0.1, 0.15) is 11.3 Å². The summed E-state index contributed by atoms with van der Waals surface area (Å²) in [5.41, 5.74) is 2.67. The number of nitrogens with one attached hydrogen (secondary N) is 1. The van der Waals surface area contributed by atoms with Crippen molar-refractivity contribution in [1.29, 1.82) is 0 Å². The average Bonchev–Trinajstić information content (AvgIpc) is 2.93. The van der Waals surface area contributed by atoms with E-state index in [0.717, 1.165) is 11.3 Å². The summed E-state index contributed by atoms with van der Waals surface area (Å²) in [5, 5.41) is 5.29. The lowest BCUT2D eigenvalue weighted by molar-refractivity contribution is -0.115. The molecule has 0 radical (unpaired) electrons. The lowest BCUT2D eigenvalue weighted by atomic mass is 10.2. The molecular weight excluding hydrogens is 373 g/mol. The average molecular weight is 390 g/mol. The number of hydrogen-bond donors (Lipinski definition) is 1. The minimum Gasteiger partial charge on any atom is -0.326 e. The van der Waals surface area contributed by atoms with Crippen molar-refractivity contribution in [1.82, 2.24) is 4.57 Å². The summed E-state index contributed by atoms with van der Waals surface area (Å²) in [7, 11) is 1.81. The molecule has 1 heterocycles. The van der Waals surface area contributed by atoms with Gasteiger partial charge in [-0.15, -0.1) is 11.3 Å². The van der Waals surface area contributed by atoms with Crippen LogP contribution < -0.4 is 10.1 Å². The maximum Gasteiger partial charge on any atom is 0.230 e. The minimum absolute atomic E-state index is 0.157. The molecule has 1 N–H and O–H groups in total. The van der Waals surface area contributed by atoms with E-state index in [1.54, 1.807) is 28.8 Å². The van der Waals surface area contributed by atoms with Crippen molar-refractivity contribution in [3.05, 3.63) is 74.7 Å². The highest BCUT2D eigenvalue weighted by molar-refractivity contribution is 7.07. The summed E-state index contributed by atoms with van der Waals surface area (Å²) in [5.74, 6) is -0.535. The van der Waals surface area contributed by atoms with Crippen LogP contribution >= 0.6 is 22.9 Å². The Hall–Kier alpha value is -2.44. The van der Waals surface area contributed by atoms with E-state index in [2.05, 4.69) is 10.3 Å². The Kier molecular flexibility index (Phi) is 5.54. The molecule has 0 unspecified atom stereocenters. The first-order valence-corrected chi connectivity index (χ1v) is 9.18. The van der Waals surface area contributed by atoms with Gasteiger partial charge in [-0.25, -0.2) is 9.38 Å². The van der Waals surface area contributed by atoms with Gasteiger partial charge in [0.2, 0.25) is 5.91 Å². The SMILES string of the molecule is Cc1ccc(NC(=O)Cc2csc(=Nc3ccccc3F)n2C)cc1Cl. The molecule has 0 aliphatic carbocycles. The number of aryl methyl sites for hydroxylation is 1. The Bertz CT molecular complexity index is 1030. The van der Waals surface area contributed by atoms with Gasteiger partial charge in [0.15, 0.2) is 4.80 Å². The smallest absolute Gasteiger partial charge is 0.230 e. The number of benzene rings is 2. The summed E-state index contributed by atoms with van der Waals surface area (Å²) < 4.78 is 15.5. The van der Waals surface area contributed by atoms with Crippen LogP contribution in [-0.2, 0) is 18.3 Å². The van der Waals surface area contributed by atoms with Crippen LogP contribution in [0.5, 0.6) is 0 Å². The monoisotopic (exact) mass is 389 g/mol. The number of halogens is 2. The third-order valence-corrected chi connectivity index (χ3v) is 5.26. The van der Waals surface area contributed by atoms with Gasteiger partial charge in [0.25, 0.3) is 0 Å². The summed E-state index contributed by atoms with van der Waals surface area (Å²) in [6.45, 7) is 1.90. The summed E-state index contributed by atoms with van der Waals surface area (Å²) >= 11 is 7.44. The minimum atomic E-state index is -0.378. The van der Waals surface area contributed by atoms with Gasteiger partial charge in [-0.1, -0.05) is 29.8 Å². The van der Waals surface area contributed by atoms with Gasteiger partial charge in [0.05, 0.1) is 6.42 Å². The second-order valence-electron chi connectivity index (χ2n) is 5.82. The normalized spacial score (nSPS) is 11.6. The van der Waals surface area contributed by atoms with Crippen molar-refractivity contribution in [2.45, 2.75) is 13.3 Å². The predicted molar refractivity (Wildman–Crippen MR) is 103 cm³/mol. The molecule has 134 valence electrons. The Morgan fingerprint density at radius 1 is 1.31 bits per heavy atom. The zero-order chi connectivity index (χ0) is 18.7. The van der Waals surface area contributed by atoms with E-state index >= 15 is 0 Å². The van der Waals surface area contributed by atoms with Gasteiger partial charge < -0.3 is 9.88 Å². The Labute approximate surface area is 159 Å². The van der Waals surface area contributed by atoms with Gasteiger partial charge in [-0.05, 0) is 36.8 Å². The molecule has 0 fully saturated rings. The second kappa shape index (κ2) is 7.85. The summed E-state index contributed by atoms with van der Waals surface area (Å²) in [6, 6.07) is 11.7. The van der Waals surface area contributed by atoms with Crippen LogP contribution in [0, 0.1) is 12.7 Å². The molecule has 26 heavy (non-hydrogen) atoms. The van der Waals surface area contributed by atoms with Crippen molar-refractivity contribution in [2.24, 2.45) is 12.0 Å². The molecule has 0 aliphatic rings. The van der Waals surface area contributed by atoms with Gasteiger partial charge in [-0.2, -0.15) is 0 Å². The number of anilines is 1. The molecule has 2 aromatic carbocycles. The molecular formula is C19H17ClFN3OS. The number of aromatic nitrogens is 1. The predicted octanol–water partition coefficient (Wildman–Crippen LogP) is 4.60. The van der Waals surface area contributed by atoms with Crippen LogP contribution in [0.4, 0.5) is 15.8 Å². The first-order valence-electron chi connectivity index (χ1n) is 7.92. The first-order chi connectivity index (χ1) is 12.4. The first kappa shape index (κ1) is 18.4. The standard InChI is InChI=1S/C19H17ClFN3OS/c1-12-7-8-13(9-15(12)20)22-18(25)10-14-11-26-19(24(14)2)23-17-6-4-3-5-16(17)21/h3-9,11H,10H2,1-2H3,(H,22,25). The molecule has 0 aliphatic heterocycles. The summed E-state index contributed by atoms with van der Waals surface area (Å²) in [6.07, 6.45) is 0.186. The molecule has 3 rings (SSSR count). The zero-order valence-corrected chi connectivity index (χ0v) is 15.9. The number of carbonyl (C=O) groups excluding carboxylic acids is 1. The van der Waals surface area contributed by atoms with E-state index in [4.69, 9.17) is 11.6 Å². The number of nitrogens with zero attached hydrogens (tertiary/aromatic N) is 2. The van der Waals surface area contributed by atoms with Crippen LogP contribution in [0.3, 0.4) is 0 Å². The lowest BCUT2D eigenvalue weighted by Gasteiger charge is -2.07. The van der Waals surface area contributed by atoms with E-state index in [0.29, 0.717) is 15.5 Å². The number of hydrogen-bond acceptors (Lipinski definition) is 3. The molecule has 3 aromatic rings. The van der Waals surface area contributed by atoms with Crippen LogP contribution in [0.2, 0.25) is 5.02 Å². The van der Waals surface area contributed by atoms with Crippen LogP contribution in [0.25, 0.3) is 0 Å². The third-order valence-electron chi connectivity index (χ3n) is 3.88. The summed E-state index contributed by atoms with van der Waals surface area (Å²) in [4.78, 5) is 17.3. The van der Waals surface area contributed by atoms with Crippen molar-refractivity contribution < 1.29 is 9.18 Å². The third kappa shape index (κ3) is 4.20. The quantitative estimate of drug-likeness (QED) is 0.696. The molecule has 1 aromatic heterocycles. The zero-order valence-electron chi connectivity index (χ0n) is 14.3. The Morgan fingerprint density at radius 3 is 2.81 bits per heavy atom. The highest BCUT2D eigenvalue weighted by atomic mass is 35.5. The number of carbonyl (C=O) groups is 1. The number of thiazole rings is 1. The van der Waals surface area contributed by atoms with Gasteiger partial charge >= 0.3 is 0 Å². The molecule has 0 bridgehead atoms. The fourth-order valence-electron chi connectivity index (χ4n) is 2.35. The van der Waals surface area contributed by atoms with Crippen LogP contribution in [-0.4, -0.2) is 10.5 Å². The molecule has 1 amide bonds. The van der Waals surface area contributed by atoms with Crippen molar-refractivity contribution in [3.63, 3.8) is 0 Å². The van der Waals surface area contributed by atoms with Gasteiger partial charge in [0, 0.05) is 28.8 Å². The van der Waals surface area contributed by atoms with E-state index in [1.165, 1.54) is 17.4 Å². The molecule has 0 saturated carbocycles. The van der Waals surface area contributed by atoms with Gasteiger partial charge in [0.1, 0.15) is 11.5 Å². The molecule has 0 atom stereocenters.